The zero-order valence-electron chi connectivity index (χ0n) is 9.53. The standard InChI is InChI=1S/C10H12N4O2S/c1-12-7-17-10(13(12)2)11-8-3-5-9(6-4-8)14(15)16/h3-6H,7H2,1-2H3. The third kappa shape index (κ3) is 2.56. The molecule has 1 aliphatic heterocycles. The van der Waals surface area contributed by atoms with Crippen LogP contribution >= 0.6 is 11.8 Å². The molecule has 1 aromatic carbocycles. The minimum atomic E-state index is -0.416. The van der Waals surface area contributed by atoms with E-state index in [4.69, 9.17) is 0 Å². The quantitative estimate of drug-likeness (QED) is 0.595. The highest BCUT2D eigenvalue weighted by Crippen LogP contribution is 2.24. The van der Waals surface area contributed by atoms with Crippen LogP contribution in [0.2, 0.25) is 0 Å². The second-order valence-electron chi connectivity index (χ2n) is 3.62. The Balaban J connectivity index is 2.19. The molecular formula is C10H12N4O2S. The summed E-state index contributed by atoms with van der Waals surface area (Å²) in [7, 11) is 3.91. The average Bonchev–Trinajstić information content (AvgIpc) is 2.62. The molecule has 0 spiro atoms. The van der Waals surface area contributed by atoms with Crippen LogP contribution in [0.25, 0.3) is 0 Å². The number of hydrogen-bond acceptors (Lipinski definition) is 5. The van der Waals surface area contributed by atoms with Crippen molar-refractivity contribution in [3.8, 4) is 0 Å². The maximum atomic E-state index is 10.5. The number of rotatable bonds is 2. The highest BCUT2D eigenvalue weighted by atomic mass is 32.2. The molecule has 2 rings (SSSR count). The Labute approximate surface area is 103 Å². The normalized spacial score (nSPS) is 18.9. The van der Waals surface area contributed by atoms with Crippen LogP contribution in [0.4, 0.5) is 11.4 Å². The molecule has 17 heavy (non-hydrogen) atoms. The Morgan fingerprint density at radius 3 is 2.47 bits per heavy atom. The topological polar surface area (TPSA) is 62.0 Å². The minimum Gasteiger partial charge on any atom is -0.287 e. The maximum Gasteiger partial charge on any atom is 0.269 e. The fourth-order valence-electron chi connectivity index (χ4n) is 1.34. The summed E-state index contributed by atoms with van der Waals surface area (Å²) in [6.07, 6.45) is 0. The molecule has 1 fully saturated rings. The van der Waals surface area contributed by atoms with Gasteiger partial charge in [0, 0.05) is 26.2 Å². The van der Waals surface area contributed by atoms with Gasteiger partial charge in [0.25, 0.3) is 5.69 Å². The summed E-state index contributed by atoms with van der Waals surface area (Å²) in [6.45, 7) is 0. The summed E-state index contributed by atoms with van der Waals surface area (Å²) in [5, 5.41) is 15.4. The lowest BCUT2D eigenvalue weighted by atomic mass is 10.3. The second-order valence-corrected chi connectivity index (χ2v) is 4.53. The molecule has 0 bridgehead atoms. The number of thioether (sulfide) groups is 1. The van der Waals surface area contributed by atoms with E-state index in [1.165, 1.54) is 12.1 Å². The summed E-state index contributed by atoms with van der Waals surface area (Å²) in [5.41, 5.74) is 0.804. The van der Waals surface area contributed by atoms with E-state index in [1.54, 1.807) is 23.9 Å². The molecule has 0 amide bonds. The number of hydrazine groups is 1. The molecule has 1 saturated heterocycles. The number of nitro groups is 1. The van der Waals surface area contributed by atoms with E-state index in [-0.39, 0.29) is 5.69 Å². The Kier molecular flexibility index (Phi) is 3.30. The highest BCUT2D eigenvalue weighted by molar-refractivity contribution is 8.14. The van der Waals surface area contributed by atoms with E-state index < -0.39 is 4.92 Å². The lowest BCUT2D eigenvalue weighted by Gasteiger charge is -2.18. The van der Waals surface area contributed by atoms with Crippen molar-refractivity contribution < 1.29 is 4.92 Å². The molecule has 0 radical (unpaired) electrons. The first-order valence-electron chi connectivity index (χ1n) is 4.98. The summed E-state index contributed by atoms with van der Waals surface area (Å²) in [4.78, 5) is 14.5. The van der Waals surface area contributed by atoms with Crippen molar-refractivity contribution in [3.63, 3.8) is 0 Å². The van der Waals surface area contributed by atoms with Gasteiger partial charge in [-0.25, -0.2) is 10.0 Å². The van der Waals surface area contributed by atoms with Crippen molar-refractivity contribution in [1.82, 2.24) is 10.0 Å². The summed E-state index contributed by atoms with van der Waals surface area (Å²) in [6, 6.07) is 6.22. The van der Waals surface area contributed by atoms with Crippen molar-refractivity contribution in [3.05, 3.63) is 34.4 Å². The van der Waals surface area contributed by atoms with E-state index >= 15 is 0 Å². The van der Waals surface area contributed by atoms with Crippen LogP contribution in [0.15, 0.2) is 29.3 Å². The largest absolute Gasteiger partial charge is 0.287 e. The molecule has 0 aromatic heterocycles. The molecule has 6 nitrogen and oxygen atoms in total. The predicted molar refractivity (Wildman–Crippen MR) is 68.2 cm³/mol. The van der Waals surface area contributed by atoms with E-state index in [0.717, 1.165) is 16.7 Å². The monoisotopic (exact) mass is 252 g/mol. The van der Waals surface area contributed by atoms with Crippen LogP contribution in [-0.4, -0.2) is 40.1 Å². The number of benzene rings is 1. The SMILES string of the molecule is CN1CSC(=Nc2ccc([N+](=O)[O-])cc2)N1C. The lowest BCUT2D eigenvalue weighted by molar-refractivity contribution is -0.384. The van der Waals surface area contributed by atoms with Crippen molar-refractivity contribution in [1.29, 1.82) is 0 Å². The molecular weight excluding hydrogens is 240 g/mol. The molecule has 0 atom stereocenters. The van der Waals surface area contributed by atoms with Gasteiger partial charge in [-0.3, -0.25) is 15.1 Å². The first-order chi connectivity index (χ1) is 8.08. The van der Waals surface area contributed by atoms with E-state index in [0.29, 0.717) is 0 Å². The number of nitrogens with zero attached hydrogens (tertiary/aromatic N) is 4. The Hall–Kier alpha value is -1.60. The number of nitro benzene ring substituents is 1. The Bertz CT molecular complexity index is 460. The number of non-ortho nitro benzene ring substituents is 1. The fourth-order valence-corrected chi connectivity index (χ4v) is 2.31. The zero-order valence-corrected chi connectivity index (χ0v) is 10.3. The molecule has 0 unspecified atom stereocenters. The molecule has 0 N–H and O–H groups in total. The molecule has 0 aliphatic carbocycles. The molecule has 1 aliphatic rings. The first kappa shape index (κ1) is 11.9. The zero-order chi connectivity index (χ0) is 12.4. The Morgan fingerprint density at radius 2 is 2.00 bits per heavy atom. The van der Waals surface area contributed by atoms with Crippen molar-refractivity contribution in [2.75, 3.05) is 20.0 Å². The van der Waals surface area contributed by atoms with E-state index in [1.807, 2.05) is 24.1 Å². The number of aliphatic imine (C=N–C) groups is 1. The molecule has 0 saturated carbocycles. The van der Waals surface area contributed by atoms with Gasteiger partial charge < -0.3 is 0 Å². The number of hydrogen-bond donors (Lipinski definition) is 0. The third-order valence-electron chi connectivity index (χ3n) is 2.45. The van der Waals surface area contributed by atoms with Gasteiger partial charge in [-0.05, 0) is 12.1 Å². The molecule has 1 aromatic rings. The van der Waals surface area contributed by atoms with Crippen LogP contribution in [0.1, 0.15) is 0 Å². The van der Waals surface area contributed by atoms with Gasteiger partial charge in [-0.1, -0.05) is 11.8 Å². The molecule has 1 heterocycles. The van der Waals surface area contributed by atoms with Crippen molar-refractivity contribution in [2.45, 2.75) is 0 Å². The highest BCUT2D eigenvalue weighted by Gasteiger charge is 2.20. The summed E-state index contributed by atoms with van der Waals surface area (Å²) >= 11 is 1.63. The van der Waals surface area contributed by atoms with Crippen LogP contribution in [-0.2, 0) is 0 Å². The van der Waals surface area contributed by atoms with Gasteiger partial charge in [-0.2, -0.15) is 0 Å². The Morgan fingerprint density at radius 1 is 1.35 bits per heavy atom. The van der Waals surface area contributed by atoms with Crippen LogP contribution in [0, 0.1) is 10.1 Å². The van der Waals surface area contributed by atoms with Crippen LogP contribution in [0.3, 0.4) is 0 Å². The summed E-state index contributed by atoms with van der Waals surface area (Å²) < 4.78 is 0. The van der Waals surface area contributed by atoms with E-state index in [9.17, 15) is 10.1 Å². The van der Waals surface area contributed by atoms with Crippen molar-refractivity contribution >= 4 is 28.3 Å². The van der Waals surface area contributed by atoms with Gasteiger partial charge in [0.05, 0.1) is 16.5 Å². The third-order valence-corrected chi connectivity index (χ3v) is 3.57. The van der Waals surface area contributed by atoms with E-state index in [2.05, 4.69) is 4.99 Å². The van der Waals surface area contributed by atoms with Gasteiger partial charge in [0.15, 0.2) is 5.17 Å². The van der Waals surface area contributed by atoms with Gasteiger partial charge in [0.1, 0.15) is 0 Å². The second kappa shape index (κ2) is 4.72. The average molecular weight is 252 g/mol. The lowest BCUT2D eigenvalue weighted by Crippen LogP contribution is -2.31. The number of amidine groups is 1. The predicted octanol–water partition coefficient (Wildman–Crippen LogP) is 2.07. The van der Waals surface area contributed by atoms with Gasteiger partial charge in [-0.15, -0.1) is 0 Å². The fraction of sp³-hybridized carbons (Fsp3) is 0.300. The summed E-state index contributed by atoms with van der Waals surface area (Å²) in [5.74, 6) is 0.863. The smallest absolute Gasteiger partial charge is 0.269 e. The first-order valence-corrected chi connectivity index (χ1v) is 5.97. The minimum absolute atomic E-state index is 0.0819. The molecule has 90 valence electrons. The van der Waals surface area contributed by atoms with Crippen LogP contribution < -0.4 is 0 Å². The van der Waals surface area contributed by atoms with Crippen LogP contribution in [0.5, 0.6) is 0 Å². The maximum absolute atomic E-state index is 10.5. The van der Waals surface area contributed by atoms with Crippen molar-refractivity contribution in [2.24, 2.45) is 4.99 Å². The van der Waals surface area contributed by atoms with Gasteiger partial charge in [0.2, 0.25) is 0 Å². The van der Waals surface area contributed by atoms with Gasteiger partial charge >= 0.3 is 0 Å². The molecule has 7 heteroatoms.